The summed E-state index contributed by atoms with van der Waals surface area (Å²) < 4.78 is 1.23. The van der Waals surface area contributed by atoms with Gasteiger partial charge in [0.2, 0.25) is 0 Å². The topological polar surface area (TPSA) is 26.0 Å². The van der Waals surface area contributed by atoms with Crippen LogP contribution < -0.4 is 5.73 Å². The largest absolute Gasteiger partial charge is 0.330 e. The van der Waals surface area contributed by atoms with Crippen molar-refractivity contribution in [2.45, 2.75) is 19.3 Å². The van der Waals surface area contributed by atoms with Crippen molar-refractivity contribution in [3.05, 3.63) is 39.9 Å². The fourth-order valence-electron chi connectivity index (χ4n) is 2.01. The van der Waals surface area contributed by atoms with E-state index in [1.165, 1.54) is 21.2 Å². The van der Waals surface area contributed by atoms with E-state index in [9.17, 15) is 0 Å². The Balaban J connectivity index is 2.43. The normalized spacial score (nSPS) is 14.9. The molecule has 0 atom stereocenters. The fraction of sp³-hybridized carbons (Fsp3) is 0.333. The molecule has 1 aliphatic rings. The van der Waals surface area contributed by atoms with E-state index in [2.05, 4.69) is 40.2 Å². The van der Waals surface area contributed by atoms with Gasteiger partial charge < -0.3 is 5.73 Å². The number of hydrogen-bond donors (Lipinski definition) is 1. The molecule has 1 aromatic carbocycles. The minimum Gasteiger partial charge on any atom is -0.330 e. The zero-order valence-electron chi connectivity index (χ0n) is 8.09. The number of fused-ring (bicyclic) bond motifs is 1. The van der Waals surface area contributed by atoms with Crippen LogP contribution in [0.25, 0.3) is 5.57 Å². The third-order valence-corrected chi connectivity index (χ3v) is 3.41. The SMILES string of the molecule is NCCC1=CCCc2c(Br)cccc21. The zero-order valence-corrected chi connectivity index (χ0v) is 9.68. The van der Waals surface area contributed by atoms with E-state index < -0.39 is 0 Å². The van der Waals surface area contributed by atoms with Gasteiger partial charge in [-0.3, -0.25) is 0 Å². The van der Waals surface area contributed by atoms with Gasteiger partial charge in [0.25, 0.3) is 0 Å². The molecule has 2 rings (SSSR count). The first-order valence-corrected chi connectivity index (χ1v) is 5.79. The van der Waals surface area contributed by atoms with E-state index in [1.54, 1.807) is 0 Å². The molecule has 0 bridgehead atoms. The second kappa shape index (κ2) is 4.28. The number of hydrogen-bond acceptors (Lipinski definition) is 1. The van der Waals surface area contributed by atoms with Crippen LogP contribution in [0.5, 0.6) is 0 Å². The summed E-state index contributed by atoms with van der Waals surface area (Å²) in [4.78, 5) is 0. The van der Waals surface area contributed by atoms with E-state index >= 15 is 0 Å². The van der Waals surface area contributed by atoms with Crippen molar-refractivity contribution in [2.24, 2.45) is 5.73 Å². The van der Waals surface area contributed by atoms with Gasteiger partial charge in [-0.05, 0) is 48.6 Å². The van der Waals surface area contributed by atoms with Crippen LogP contribution in [0, 0.1) is 0 Å². The summed E-state index contributed by atoms with van der Waals surface area (Å²) in [6.07, 6.45) is 5.60. The lowest BCUT2D eigenvalue weighted by Gasteiger charge is -2.18. The molecule has 14 heavy (non-hydrogen) atoms. The van der Waals surface area contributed by atoms with E-state index in [-0.39, 0.29) is 0 Å². The Morgan fingerprint density at radius 3 is 3.00 bits per heavy atom. The molecule has 0 saturated carbocycles. The summed E-state index contributed by atoms with van der Waals surface area (Å²) in [5.41, 5.74) is 9.84. The van der Waals surface area contributed by atoms with Gasteiger partial charge in [0.05, 0.1) is 0 Å². The van der Waals surface area contributed by atoms with Gasteiger partial charge in [-0.2, -0.15) is 0 Å². The van der Waals surface area contributed by atoms with Gasteiger partial charge in [0.1, 0.15) is 0 Å². The van der Waals surface area contributed by atoms with Crippen molar-refractivity contribution in [3.8, 4) is 0 Å². The molecule has 1 nitrogen and oxygen atoms in total. The first-order chi connectivity index (χ1) is 6.83. The highest BCUT2D eigenvalue weighted by Crippen LogP contribution is 2.32. The molecule has 0 unspecified atom stereocenters. The standard InChI is InChI=1S/C12H14BrN/c13-12-6-2-4-10-9(7-8-14)3-1-5-11(10)12/h2-4,6H,1,5,7-8,14H2. The molecule has 0 saturated heterocycles. The predicted octanol–water partition coefficient (Wildman–Crippen LogP) is 3.13. The van der Waals surface area contributed by atoms with Gasteiger partial charge >= 0.3 is 0 Å². The number of allylic oxidation sites excluding steroid dienone is 1. The molecule has 1 aromatic rings. The lowest BCUT2D eigenvalue weighted by Crippen LogP contribution is -2.05. The molecule has 0 heterocycles. The van der Waals surface area contributed by atoms with Crippen LogP contribution in [-0.2, 0) is 6.42 Å². The van der Waals surface area contributed by atoms with Crippen molar-refractivity contribution >= 4 is 21.5 Å². The van der Waals surface area contributed by atoms with Gasteiger partial charge in [0, 0.05) is 4.47 Å². The van der Waals surface area contributed by atoms with Gasteiger partial charge in [0.15, 0.2) is 0 Å². The van der Waals surface area contributed by atoms with Gasteiger partial charge in [-0.15, -0.1) is 0 Å². The smallest absolute Gasteiger partial charge is 0.0213 e. The molecular formula is C12H14BrN. The van der Waals surface area contributed by atoms with Crippen molar-refractivity contribution in [1.29, 1.82) is 0 Å². The molecule has 0 fully saturated rings. The zero-order chi connectivity index (χ0) is 9.97. The summed E-state index contributed by atoms with van der Waals surface area (Å²) in [6.45, 7) is 0.734. The van der Waals surface area contributed by atoms with E-state index in [4.69, 9.17) is 5.73 Å². The summed E-state index contributed by atoms with van der Waals surface area (Å²) in [7, 11) is 0. The molecule has 0 spiro atoms. The van der Waals surface area contributed by atoms with E-state index in [0.29, 0.717) is 0 Å². The predicted molar refractivity (Wildman–Crippen MR) is 64.1 cm³/mol. The highest BCUT2D eigenvalue weighted by Gasteiger charge is 2.13. The number of halogens is 1. The average Bonchev–Trinajstić information content (AvgIpc) is 2.20. The second-order valence-electron chi connectivity index (χ2n) is 3.57. The van der Waals surface area contributed by atoms with Crippen molar-refractivity contribution in [2.75, 3.05) is 6.54 Å². The van der Waals surface area contributed by atoms with Crippen LogP contribution in [0.2, 0.25) is 0 Å². The Morgan fingerprint density at radius 2 is 2.21 bits per heavy atom. The third kappa shape index (κ3) is 1.77. The first kappa shape index (κ1) is 9.94. The molecule has 1 aliphatic carbocycles. The van der Waals surface area contributed by atoms with E-state index in [1.807, 2.05) is 0 Å². The van der Waals surface area contributed by atoms with Crippen LogP contribution in [0.1, 0.15) is 24.0 Å². The summed E-state index contributed by atoms with van der Waals surface area (Å²) in [5, 5.41) is 0. The molecular weight excluding hydrogens is 238 g/mol. The van der Waals surface area contributed by atoms with Crippen LogP contribution in [-0.4, -0.2) is 6.54 Å². The third-order valence-electron chi connectivity index (χ3n) is 2.66. The maximum Gasteiger partial charge on any atom is 0.0213 e. The van der Waals surface area contributed by atoms with Crippen molar-refractivity contribution in [3.63, 3.8) is 0 Å². The van der Waals surface area contributed by atoms with Crippen LogP contribution in [0.4, 0.5) is 0 Å². The van der Waals surface area contributed by atoms with Crippen LogP contribution in [0.3, 0.4) is 0 Å². The maximum atomic E-state index is 5.60. The number of rotatable bonds is 2. The van der Waals surface area contributed by atoms with Gasteiger partial charge in [-0.1, -0.05) is 34.1 Å². The Kier molecular flexibility index (Phi) is 3.04. The van der Waals surface area contributed by atoms with Crippen LogP contribution >= 0.6 is 15.9 Å². The summed E-state index contributed by atoms with van der Waals surface area (Å²) >= 11 is 3.60. The Hall–Kier alpha value is -0.600. The fourth-order valence-corrected chi connectivity index (χ4v) is 2.57. The Labute approximate surface area is 93.1 Å². The molecule has 2 N–H and O–H groups in total. The highest BCUT2D eigenvalue weighted by atomic mass is 79.9. The maximum absolute atomic E-state index is 5.60. The lowest BCUT2D eigenvalue weighted by atomic mass is 9.89. The molecule has 0 aromatic heterocycles. The molecule has 0 aliphatic heterocycles. The second-order valence-corrected chi connectivity index (χ2v) is 4.43. The minimum absolute atomic E-state index is 0.734. The monoisotopic (exact) mass is 251 g/mol. The molecule has 2 heteroatoms. The molecule has 74 valence electrons. The van der Waals surface area contributed by atoms with E-state index in [0.717, 1.165) is 25.8 Å². The molecule has 0 radical (unpaired) electrons. The summed E-state index contributed by atoms with van der Waals surface area (Å²) in [5.74, 6) is 0. The number of nitrogens with two attached hydrogens (primary N) is 1. The van der Waals surface area contributed by atoms with Gasteiger partial charge in [-0.25, -0.2) is 0 Å². The number of benzene rings is 1. The average molecular weight is 252 g/mol. The Bertz CT molecular complexity index is 369. The lowest BCUT2D eigenvalue weighted by molar-refractivity contribution is 0.935. The quantitative estimate of drug-likeness (QED) is 0.859. The first-order valence-electron chi connectivity index (χ1n) is 5.00. The van der Waals surface area contributed by atoms with Crippen molar-refractivity contribution < 1.29 is 0 Å². The van der Waals surface area contributed by atoms with Crippen LogP contribution in [0.15, 0.2) is 28.7 Å². The minimum atomic E-state index is 0.734. The Morgan fingerprint density at radius 1 is 1.36 bits per heavy atom. The van der Waals surface area contributed by atoms with Crippen molar-refractivity contribution in [1.82, 2.24) is 0 Å². The molecule has 0 amide bonds. The summed E-state index contributed by atoms with van der Waals surface area (Å²) in [6, 6.07) is 6.41. The highest BCUT2D eigenvalue weighted by molar-refractivity contribution is 9.10.